The van der Waals surface area contributed by atoms with Gasteiger partial charge in [0.1, 0.15) is 0 Å². The van der Waals surface area contributed by atoms with E-state index in [0.717, 1.165) is 30.1 Å². The van der Waals surface area contributed by atoms with Crippen molar-refractivity contribution in [2.75, 3.05) is 0 Å². The largest absolute Gasteiger partial charge is 0.338 e. The maximum atomic E-state index is 5.31. The van der Waals surface area contributed by atoms with E-state index in [1.807, 2.05) is 0 Å². The SMILES string of the molecule is c1cc(CNC2CC2)cc(SCc2nc(C3CC3)no2)c1. The van der Waals surface area contributed by atoms with Crippen molar-refractivity contribution in [3.8, 4) is 0 Å². The summed E-state index contributed by atoms with van der Waals surface area (Å²) in [6.07, 6.45) is 5.08. The Morgan fingerprint density at radius 2 is 2.14 bits per heavy atom. The summed E-state index contributed by atoms with van der Waals surface area (Å²) in [7, 11) is 0. The molecule has 1 aromatic carbocycles. The molecular weight excluding hydrogens is 282 g/mol. The minimum absolute atomic E-state index is 0.560. The van der Waals surface area contributed by atoms with Gasteiger partial charge >= 0.3 is 0 Å². The minimum Gasteiger partial charge on any atom is -0.338 e. The number of benzene rings is 1. The van der Waals surface area contributed by atoms with E-state index in [4.69, 9.17) is 4.52 Å². The number of hydrogen-bond donors (Lipinski definition) is 1. The third kappa shape index (κ3) is 3.66. The Balaban J connectivity index is 1.33. The molecule has 1 heterocycles. The van der Waals surface area contributed by atoms with E-state index < -0.39 is 0 Å². The summed E-state index contributed by atoms with van der Waals surface area (Å²) >= 11 is 1.76. The lowest BCUT2D eigenvalue weighted by molar-refractivity contribution is 0.385. The first-order valence-electron chi connectivity index (χ1n) is 7.64. The van der Waals surface area contributed by atoms with E-state index in [9.17, 15) is 0 Å². The van der Waals surface area contributed by atoms with Crippen molar-refractivity contribution in [2.45, 2.75) is 54.8 Å². The molecule has 2 aromatic rings. The van der Waals surface area contributed by atoms with Crippen molar-refractivity contribution in [2.24, 2.45) is 0 Å². The van der Waals surface area contributed by atoms with E-state index in [0.29, 0.717) is 5.92 Å². The Hall–Kier alpha value is -1.33. The fraction of sp³-hybridized carbons (Fsp3) is 0.500. The van der Waals surface area contributed by atoms with Crippen LogP contribution in [0, 0.1) is 0 Å². The van der Waals surface area contributed by atoms with Crippen LogP contribution >= 0.6 is 11.8 Å². The number of hydrogen-bond acceptors (Lipinski definition) is 5. The van der Waals surface area contributed by atoms with E-state index >= 15 is 0 Å². The standard InChI is InChI=1S/C16H19N3OS/c1-2-11(9-17-13-6-7-13)8-14(3-1)21-10-15-18-16(19-20-15)12-4-5-12/h1-3,8,12-13,17H,4-7,9-10H2. The maximum Gasteiger partial charge on any atom is 0.237 e. The molecule has 1 N–H and O–H groups in total. The van der Waals surface area contributed by atoms with Gasteiger partial charge in [-0.1, -0.05) is 17.3 Å². The second kappa shape index (κ2) is 5.81. The lowest BCUT2D eigenvalue weighted by Crippen LogP contribution is -2.15. The third-order valence-electron chi connectivity index (χ3n) is 3.86. The van der Waals surface area contributed by atoms with Crippen LogP contribution in [-0.2, 0) is 12.3 Å². The predicted molar refractivity (Wildman–Crippen MR) is 82.1 cm³/mol. The zero-order valence-electron chi connectivity index (χ0n) is 11.9. The van der Waals surface area contributed by atoms with Gasteiger partial charge in [-0.3, -0.25) is 0 Å². The van der Waals surface area contributed by atoms with Crippen LogP contribution in [0.2, 0.25) is 0 Å². The van der Waals surface area contributed by atoms with Gasteiger partial charge in [0.15, 0.2) is 5.82 Å². The first-order chi connectivity index (χ1) is 10.4. The molecule has 110 valence electrons. The average molecular weight is 301 g/mol. The van der Waals surface area contributed by atoms with Gasteiger partial charge in [0, 0.05) is 23.4 Å². The first-order valence-corrected chi connectivity index (χ1v) is 8.63. The van der Waals surface area contributed by atoms with Crippen LogP contribution < -0.4 is 5.32 Å². The molecule has 0 bridgehead atoms. The average Bonchev–Trinajstić information content (AvgIpc) is 3.43. The van der Waals surface area contributed by atoms with E-state index in [2.05, 4.69) is 39.7 Å². The molecule has 0 unspecified atom stereocenters. The van der Waals surface area contributed by atoms with Gasteiger partial charge in [-0.15, -0.1) is 11.8 Å². The fourth-order valence-corrected chi connectivity index (χ4v) is 3.09. The van der Waals surface area contributed by atoms with Gasteiger partial charge in [0.05, 0.1) is 5.75 Å². The molecule has 0 atom stereocenters. The molecular formula is C16H19N3OS. The van der Waals surface area contributed by atoms with Gasteiger partial charge in [-0.2, -0.15) is 4.98 Å². The highest BCUT2D eigenvalue weighted by atomic mass is 32.2. The van der Waals surface area contributed by atoms with Gasteiger partial charge in [0.2, 0.25) is 5.89 Å². The Kier molecular flexibility index (Phi) is 3.69. The summed E-state index contributed by atoms with van der Waals surface area (Å²) in [4.78, 5) is 5.73. The molecule has 0 amide bonds. The van der Waals surface area contributed by atoms with Crippen molar-refractivity contribution < 1.29 is 4.52 Å². The summed E-state index contributed by atoms with van der Waals surface area (Å²) in [6, 6.07) is 9.44. The molecule has 0 aliphatic heterocycles. The van der Waals surface area contributed by atoms with Crippen molar-refractivity contribution in [1.29, 1.82) is 0 Å². The zero-order chi connectivity index (χ0) is 14.1. The maximum absolute atomic E-state index is 5.31. The van der Waals surface area contributed by atoms with Gasteiger partial charge in [-0.25, -0.2) is 0 Å². The highest BCUT2D eigenvalue weighted by Gasteiger charge is 2.28. The fourth-order valence-electron chi connectivity index (χ4n) is 2.27. The minimum atomic E-state index is 0.560. The monoisotopic (exact) mass is 301 g/mol. The van der Waals surface area contributed by atoms with E-state index in [1.165, 1.54) is 36.1 Å². The number of thioether (sulfide) groups is 1. The summed E-state index contributed by atoms with van der Waals surface area (Å²) in [5.74, 6) is 2.94. The molecule has 2 saturated carbocycles. The second-order valence-electron chi connectivity index (χ2n) is 5.91. The molecule has 0 radical (unpaired) electrons. The van der Waals surface area contributed by atoms with Crippen LogP contribution in [0.5, 0.6) is 0 Å². The van der Waals surface area contributed by atoms with E-state index in [-0.39, 0.29) is 0 Å². The molecule has 0 saturated heterocycles. The Labute approximate surface area is 128 Å². The summed E-state index contributed by atoms with van der Waals surface area (Å²) in [6.45, 7) is 0.964. The third-order valence-corrected chi connectivity index (χ3v) is 4.84. The van der Waals surface area contributed by atoms with Gasteiger partial charge in [-0.05, 0) is 43.4 Å². The summed E-state index contributed by atoms with van der Waals surface area (Å²) in [5.41, 5.74) is 1.34. The Bertz CT molecular complexity index is 619. The van der Waals surface area contributed by atoms with Crippen LogP contribution in [-0.4, -0.2) is 16.2 Å². The number of aromatic nitrogens is 2. The van der Waals surface area contributed by atoms with Crippen LogP contribution in [0.15, 0.2) is 33.7 Å². The number of nitrogens with one attached hydrogen (secondary N) is 1. The van der Waals surface area contributed by atoms with Crippen LogP contribution in [0.4, 0.5) is 0 Å². The normalized spacial score (nSPS) is 18.1. The predicted octanol–water partition coefficient (Wildman–Crippen LogP) is 3.49. The first kappa shape index (κ1) is 13.3. The highest BCUT2D eigenvalue weighted by molar-refractivity contribution is 7.98. The molecule has 2 aliphatic rings. The summed E-state index contributed by atoms with van der Waals surface area (Å²) < 4.78 is 5.31. The lowest BCUT2D eigenvalue weighted by Gasteiger charge is -2.05. The van der Waals surface area contributed by atoms with Crippen LogP contribution in [0.3, 0.4) is 0 Å². The number of nitrogens with zero attached hydrogens (tertiary/aromatic N) is 2. The Morgan fingerprint density at radius 3 is 2.95 bits per heavy atom. The van der Waals surface area contributed by atoms with Crippen molar-refractivity contribution in [3.63, 3.8) is 0 Å². The Morgan fingerprint density at radius 1 is 1.24 bits per heavy atom. The van der Waals surface area contributed by atoms with E-state index in [1.54, 1.807) is 11.8 Å². The molecule has 1 aromatic heterocycles. The molecule has 0 spiro atoms. The molecule has 4 rings (SSSR count). The van der Waals surface area contributed by atoms with Gasteiger partial charge < -0.3 is 9.84 Å². The molecule has 2 fully saturated rings. The van der Waals surface area contributed by atoms with Crippen LogP contribution in [0.25, 0.3) is 0 Å². The van der Waals surface area contributed by atoms with Crippen molar-refractivity contribution in [1.82, 2.24) is 15.5 Å². The molecule has 2 aliphatic carbocycles. The van der Waals surface area contributed by atoms with Crippen molar-refractivity contribution in [3.05, 3.63) is 41.5 Å². The molecule has 4 nitrogen and oxygen atoms in total. The molecule has 5 heteroatoms. The lowest BCUT2D eigenvalue weighted by atomic mass is 10.2. The second-order valence-corrected chi connectivity index (χ2v) is 6.96. The van der Waals surface area contributed by atoms with Crippen LogP contribution in [0.1, 0.15) is 48.9 Å². The molecule has 21 heavy (non-hydrogen) atoms. The smallest absolute Gasteiger partial charge is 0.237 e. The topological polar surface area (TPSA) is 51.0 Å². The number of rotatable bonds is 7. The quantitative estimate of drug-likeness (QED) is 0.793. The van der Waals surface area contributed by atoms with Crippen molar-refractivity contribution >= 4 is 11.8 Å². The van der Waals surface area contributed by atoms with Gasteiger partial charge in [0.25, 0.3) is 0 Å². The highest BCUT2D eigenvalue weighted by Crippen LogP contribution is 2.38. The summed E-state index contributed by atoms with van der Waals surface area (Å²) in [5, 5.41) is 7.60. The zero-order valence-corrected chi connectivity index (χ0v) is 12.7.